The van der Waals surface area contributed by atoms with Crippen LogP contribution in [-0.2, 0) is 16.4 Å². The second-order valence-corrected chi connectivity index (χ2v) is 7.25. The number of nitrogen functional groups attached to an aromatic ring is 1. The zero-order chi connectivity index (χ0) is 14.9. The number of benzene rings is 1. The van der Waals surface area contributed by atoms with E-state index in [2.05, 4.69) is 14.7 Å². The summed E-state index contributed by atoms with van der Waals surface area (Å²) in [7, 11) is -3.57. The average Bonchev–Trinajstić information content (AvgIpc) is 3.07. The topological polar surface area (TPSA) is 101 Å². The van der Waals surface area contributed by atoms with Crippen LogP contribution in [0.25, 0.3) is 10.9 Å². The Kier molecular flexibility index (Phi) is 3.66. The van der Waals surface area contributed by atoms with Crippen molar-refractivity contribution < 1.29 is 8.42 Å². The lowest BCUT2D eigenvalue weighted by Crippen LogP contribution is -2.25. The van der Waals surface area contributed by atoms with Crippen molar-refractivity contribution in [2.24, 2.45) is 0 Å². The van der Waals surface area contributed by atoms with Gasteiger partial charge in [0, 0.05) is 47.3 Å². The SMILES string of the molecule is Nc1ccc2[nH]cc(S(=O)(=O)NCCc3nccs3)c2c1. The zero-order valence-corrected chi connectivity index (χ0v) is 12.7. The molecule has 2 heterocycles. The lowest BCUT2D eigenvalue weighted by Gasteiger charge is -2.05. The average molecular weight is 322 g/mol. The molecule has 1 aromatic carbocycles. The Bertz CT molecular complexity index is 854. The highest BCUT2D eigenvalue weighted by Crippen LogP contribution is 2.24. The molecule has 4 N–H and O–H groups in total. The molecular weight excluding hydrogens is 308 g/mol. The standard InChI is InChI=1S/C13H14N4O2S2/c14-9-1-2-11-10(7-9)12(8-16-11)21(18,19)17-4-3-13-15-5-6-20-13/h1-2,5-8,16-17H,3-4,14H2. The van der Waals surface area contributed by atoms with Crippen molar-refractivity contribution in [1.82, 2.24) is 14.7 Å². The van der Waals surface area contributed by atoms with E-state index in [0.29, 0.717) is 24.0 Å². The van der Waals surface area contributed by atoms with Crippen molar-refractivity contribution >= 4 is 38.0 Å². The van der Waals surface area contributed by atoms with Crippen LogP contribution in [0.1, 0.15) is 5.01 Å². The molecular formula is C13H14N4O2S2. The van der Waals surface area contributed by atoms with Gasteiger partial charge >= 0.3 is 0 Å². The van der Waals surface area contributed by atoms with Crippen LogP contribution in [0.5, 0.6) is 0 Å². The summed E-state index contributed by atoms with van der Waals surface area (Å²) in [5.41, 5.74) is 6.99. The van der Waals surface area contributed by atoms with Crippen LogP contribution in [0.2, 0.25) is 0 Å². The third-order valence-corrected chi connectivity index (χ3v) is 5.41. The van der Waals surface area contributed by atoms with Gasteiger partial charge in [-0.15, -0.1) is 11.3 Å². The summed E-state index contributed by atoms with van der Waals surface area (Å²) in [5, 5.41) is 3.37. The maximum atomic E-state index is 12.4. The van der Waals surface area contributed by atoms with Gasteiger partial charge < -0.3 is 10.7 Å². The molecule has 0 aliphatic heterocycles. The number of nitrogens with zero attached hydrogens (tertiary/aromatic N) is 1. The third-order valence-electron chi connectivity index (χ3n) is 3.07. The van der Waals surface area contributed by atoms with Gasteiger partial charge in [-0.3, -0.25) is 0 Å². The smallest absolute Gasteiger partial charge is 0.242 e. The Morgan fingerprint density at radius 1 is 1.38 bits per heavy atom. The maximum absolute atomic E-state index is 12.4. The molecule has 0 radical (unpaired) electrons. The number of rotatable bonds is 5. The molecule has 0 bridgehead atoms. The van der Waals surface area contributed by atoms with E-state index in [1.54, 1.807) is 24.4 Å². The third kappa shape index (κ3) is 2.92. The van der Waals surface area contributed by atoms with E-state index < -0.39 is 10.0 Å². The molecule has 6 nitrogen and oxygen atoms in total. The molecule has 110 valence electrons. The number of aromatic amines is 1. The minimum Gasteiger partial charge on any atom is -0.399 e. The van der Waals surface area contributed by atoms with E-state index in [-0.39, 0.29) is 4.90 Å². The molecule has 3 rings (SSSR count). The number of H-pyrrole nitrogens is 1. The van der Waals surface area contributed by atoms with Gasteiger partial charge in [0.15, 0.2) is 0 Å². The summed E-state index contributed by atoms with van der Waals surface area (Å²) >= 11 is 1.51. The normalized spacial score (nSPS) is 12.0. The number of nitrogens with two attached hydrogens (primary N) is 1. The summed E-state index contributed by atoms with van der Waals surface area (Å²) in [6.45, 7) is 0.310. The van der Waals surface area contributed by atoms with Gasteiger partial charge in [-0.25, -0.2) is 18.1 Å². The monoisotopic (exact) mass is 322 g/mol. The van der Waals surface area contributed by atoms with Crippen LogP contribution >= 0.6 is 11.3 Å². The summed E-state index contributed by atoms with van der Waals surface area (Å²) in [4.78, 5) is 7.27. The van der Waals surface area contributed by atoms with Crippen LogP contribution in [0.15, 0.2) is 40.9 Å². The number of thiazole rings is 1. The van der Waals surface area contributed by atoms with Gasteiger partial charge in [0.1, 0.15) is 4.90 Å². The quantitative estimate of drug-likeness (QED) is 0.623. The maximum Gasteiger partial charge on any atom is 0.242 e. The van der Waals surface area contributed by atoms with E-state index in [1.165, 1.54) is 17.5 Å². The summed E-state index contributed by atoms with van der Waals surface area (Å²) in [5.74, 6) is 0. The van der Waals surface area contributed by atoms with Crippen molar-refractivity contribution in [2.75, 3.05) is 12.3 Å². The van der Waals surface area contributed by atoms with Gasteiger partial charge in [0.05, 0.1) is 5.01 Å². The number of hydrogen-bond donors (Lipinski definition) is 3. The Morgan fingerprint density at radius 2 is 2.24 bits per heavy atom. The molecule has 0 aliphatic carbocycles. The van der Waals surface area contributed by atoms with Gasteiger partial charge in [-0.05, 0) is 18.2 Å². The molecule has 0 unspecified atom stereocenters. The van der Waals surface area contributed by atoms with Crippen molar-refractivity contribution in [3.05, 3.63) is 41.0 Å². The van der Waals surface area contributed by atoms with E-state index in [1.807, 2.05) is 5.38 Å². The predicted octanol–water partition coefficient (Wildman–Crippen LogP) is 1.73. The largest absolute Gasteiger partial charge is 0.399 e. The number of hydrogen-bond acceptors (Lipinski definition) is 5. The fraction of sp³-hybridized carbons (Fsp3) is 0.154. The fourth-order valence-electron chi connectivity index (χ4n) is 2.08. The Morgan fingerprint density at radius 3 is 3.00 bits per heavy atom. The van der Waals surface area contributed by atoms with Gasteiger partial charge in [-0.2, -0.15) is 0 Å². The number of anilines is 1. The molecule has 0 amide bonds. The van der Waals surface area contributed by atoms with Gasteiger partial charge in [-0.1, -0.05) is 0 Å². The van der Waals surface area contributed by atoms with Gasteiger partial charge in [0.25, 0.3) is 0 Å². The minimum atomic E-state index is -3.57. The molecule has 0 fully saturated rings. The highest BCUT2D eigenvalue weighted by molar-refractivity contribution is 7.89. The summed E-state index contributed by atoms with van der Waals surface area (Å²) < 4.78 is 27.3. The highest BCUT2D eigenvalue weighted by atomic mass is 32.2. The molecule has 0 saturated carbocycles. The molecule has 0 spiro atoms. The van der Waals surface area contributed by atoms with E-state index in [0.717, 1.165) is 10.5 Å². The van der Waals surface area contributed by atoms with Crippen LogP contribution in [0, 0.1) is 0 Å². The van der Waals surface area contributed by atoms with Crippen molar-refractivity contribution in [1.29, 1.82) is 0 Å². The number of fused-ring (bicyclic) bond motifs is 1. The Balaban J connectivity index is 1.81. The van der Waals surface area contributed by atoms with Gasteiger partial charge in [0.2, 0.25) is 10.0 Å². The lowest BCUT2D eigenvalue weighted by molar-refractivity contribution is 0.582. The van der Waals surface area contributed by atoms with Crippen LogP contribution in [0.3, 0.4) is 0 Å². The molecule has 0 aliphatic rings. The fourth-order valence-corrected chi connectivity index (χ4v) is 3.90. The Hall–Kier alpha value is -1.90. The first-order valence-electron chi connectivity index (χ1n) is 6.31. The second kappa shape index (κ2) is 5.47. The van der Waals surface area contributed by atoms with Crippen molar-refractivity contribution in [3.63, 3.8) is 0 Å². The van der Waals surface area contributed by atoms with Crippen LogP contribution in [-0.4, -0.2) is 24.9 Å². The number of sulfonamides is 1. The first-order valence-corrected chi connectivity index (χ1v) is 8.67. The Labute approximate surface area is 126 Å². The van der Waals surface area contributed by atoms with E-state index in [9.17, 15) is 8.42 Å². The zero-order valence-electron chi connectivity index (χ0n) is 11.0. The van der Waals surface area contributed by atoms with Crippen molar-refractivity contribution in [2.45, 2.75) is 11.3 Å². The molecule has 2 aromatic heterocycles. The minimum absolute atomic E-state index is 0.212. The predicted molar refractivity (Wildman–Crippen MR) is 83.7 cm³/mol. The van der Waals surface area contributed by atoms with Crippen LogP contribution < -0.4 is 10.5 Å². The summed E-state index contributed by atoms with van der Waals surface area (Å²) in [6, 6.07) is 5.14. The molecule has 0 atom stereocenters. The van der Waals surface area contributed by atoms with E-state index >= 15 is 0 Å². The van der Waals surface area contributed by atoms with E-state index in [4.69, 9.17) is 5.73 Å². The molecule has 21 heavy (non-hydrogen) atoms. The molecule has 8 heteroatoms. The molecule has 3 aromatic rings. The first-order chi connectivity index (χ1) is 10.1. The number of aromatic nitrogens is 2. The summed E-state index contributed by atoms with van der Waals surface area (Å²) in [6.07, 6.45) is 3.76. The lowest BCUT2D eigenvalue weighted by atomic mass is 10.2. The van der Waals surface area contributed by atoms with Crippen molar-refractivity contribution in [3.8, 4) is 0 Å². The first kappa shape index (κ1) is 14.1. The second-order valence-electron chi connectivity index (χ2n) is 4.53. The van der Waals surface area contributed by atoms with Crippen LogP contribution in [0.4, 0.5) is 5.69 Å². The highest BCUT2D eigenvalue weighted by Gasteiger charge is 2.18. The number of nitrogens with one attached hydrogen (secondary N) is 2. The molecule has 0 saturated heterocycles.